The van der Waals surface area contributed by atoms with Crippen molar-refractivity contribution in [2.45, 2.75) is 20.3 Å². The van der Waals surface area contributed by atoms with Crippen molar-refractivity contribution in [3.63, 3.8) is 0 Å². The Morgan fingerprint density at radius 3 is 2.61 bits per heavy atom. The number of nitrogens with zero attached hydrogens (tertiary/aromatic N) is 1. The van der Waals surface area contributed by atoms with Gasteiger partial charge in [-0.1, -0.05) is 25.4 Å². The van der Waals surface area contributed by atoms with E-state index in [1.807, 2.05) is 0 Å². The molecule has 3 nitrogen and oxygen atoms in total. The highest BCUT2D eigenvalue weighted by atomic mass is 35.5. The largest absolute Gasteiger partial charge is 0.326 e. The van der Waals surface area contributed by atoms with Gasteiger partial charge in [0.05, 0.1) is 5.02 Å². The quantitative estimate of drug-likeness (QED) is 0.863. The van der Waals surface area contributed by atoms with Crippen LogP contribution in [0, 0.1) is 5.82 Å². The van der Waals surface area contributed by atoms with Crippen molar-refractivity contribution in [2.75, 3.05) is 25.0 Å². The molecule has 0 aromatic heterocycles. The minimum absolute atomic E-state index is 0.0107. The summed E-state index contributed by atoms with van der Waals surface area (Å²) in [5.41, 5.74) is 0.519. The summed E-state index contributed by atoms with van der Waals surface area (Å²) in [7, 11) is 0. The Bertz CT molecular complexity index is 408. The molecular formula is C13H18ClFN2O. The van der Waals surface area contributed by atoms with Gasteiger partial charge in [-0.3, -0.25) is 4.79 Å². The van der Waals surface area contributed by atoms with E-state index < -0.39 is 5.82 Å². The van der Waals surface area contributed by atoms with Gasteiger partial charge in [-0.25, -0.2) is 4.39 Å². The second kappa shape index (κ2) is 7.34. The summed E-state index contributed by atoms with van der Waals surface area (Å²) in [6.45, 7) is 6.67. The van der Waals surface area contributed by atoms with Crippen LogP contribution in [0.2, 0.25) is 5.02 Å². The zero-order chi connectivity index (χ0) is 13.5. The van der Waals surface area contributed by atoms with Crippen LogP contribution in [0.5, 0.6) is 0 Å². The van der Waals surface area contributed by atoms with Gasteiger partial charge in [-0.15, -0.1) is 0 Å². The SMILES string of the molecule is CCN(CC)CCC(=O)Nc1ccc(F)c(Cl)c1. The lowest BCUT2D eigenvalue weighted by Gasteiger charge is -2.17. The second-order valence-electron chi connectivity index (χ2n) is 3.95. The summed E-state index contributed by atoms with van der Waals surface area (Å²) in [4.78, 5) is 13.8. The van der Waals surface area contributed by atoms with Crippen LogP contribution in [0.1, 0.15) is 20.3 Å². The van der Waals surface area contributed by atoms with E-state index >= 15 is 0 Å². The minimum atomic E-state index is -0.488. The number of rotatable bonds is 6. The van der Waals surface area contributed by atoms with Gasteiger partial charge in [0, 0.05) is 18.7 Å². The molecule has 0 bridgehead atoms. The summed E-state index contributed by atoms with van der Waals surface area (Å²) >= 11 is 5.64. The van der Waals surface area contributed by atoms with Gasteiger partial charge in [0.15, 0.2) is 0 Å². The summed E-state index contributed by atoms with van der Waals surface area (Å²) in [5.74, 6) is -0.581. The number of carbonyl (C=O) groups is 1. The Kier molecular flexibility index (Phi) is 6.09. The van der Waals surface area contributed by atoms with Crippen molar-refractivity contribution in [2.24, 2.45) is 0 Å². The number of anilines is 1. The van der Waals surface area contributed by atoms with E-state index in [0.717, 1.165) is 13.1 Å². The fourth-order valence-electron chi connectivity index (χ4n) is 1.60. The molecule has 1 aromatic carbocycles. The molecule has 0 aliphatic heterocycles. The molecule has 0 atom stereocenters. The normalized spacial score (nSPS) is 10.7. The van der Waals surface area contributed by atoms with Crippen molar-refractivity contribution < 1.29 is 9.18 Å². The fraction of sp³-hybridized carbons (Fsp3) is 0.462. The van der Waals surface area contributed by atoms with Crippen molar-refractivity contribution in [1.29, 1.82) is 0 Å². The van der Waals surface area contributed by atoms with Gasteiger partial charge in [0.2, 0.25) is 5.91 Å². The maximum Gasteiger partial charge on any atom is 0.225 e. The summed E-state index contributed by atoms with van der Waals surface area (Å²) in [5, 5.41) is 2.71. The molecule has 0 aliphatic rings. The van der Waals surface area contributed by atoms with Gasteiger partial charge < -0.3 is 10.2 Å². The third-order valence-corrected chi connectivity index (χ3v) is 3.04. The van der Waals surface area contributed by atoms with E-state index in [-0.39, 0.29) is 10.9 Å². The molecule has 0 fully saturated rings. The van der Waals surface area contributed by atoms with Crippen LogP contribution in [-0.2, 0) is 4.79 Å². The van der Waals surface area contributed by atoms with Crippen LogP contribution >= 0.6 is 11.6 Å². The molecule has 0 heterocycles. The molecule has 0 aliphatic carbocycles. The molecule has 18 heavy (non-hydrogen) atoms. The highest BCUT2D eigenvalue weighted by Gasteiger charge is 2.07. The number of hydrogen-bond acceptors (Lipinski definition) is 2. The van der Waals surface area contributed by atoms with Crippen molar-refractivity contribution >= 4 is 23.2 Å². The molecule has 1 N–H and O–H groups in total. The van der Waals surface area contributed by atoms with Crippen LogP contribution in [0.25, 0.3) is 0 Å². The molecule has 0 unspecified atom stereocenters. The average molecular weight is 273 g/mol. The number of hydrogen-bond donors (Lipinski definition) is 1. The number of halogens is 2. The Morgan fingerprint density at radius 2 is 2.06 bits per heavy atom. The third-order valence-electron chi connectivity index (χ3n) is 2.75. The number of nitrogens with one attached hydrogen (secondary N) is 1. The molecule has 0 saturated heterocycles. The number of amides is 1. The van der Waals surface area contributed by atoms with E-state index in [2.05, 4.69) is 24.1 Å². The van der Waals surface area contributed by atoms with Crippen molar-refractivity contribution in [3.05, 3.63) is 29.0 Å². The maximum atomic E-state index is 12.9. The molecule has 0 spiro atoms. The lowest BCUT2D eigenvalue weighted by molar-refractivity contribution is -0.116. The zero-order valence-electron chi connectivity index (χ0n) is 10.7. The lowest BCUT2D eigenvalue weighted by Crippen LogP contribution is -2.27. The summed E-state index contributed by atoms with van der Waals surface area (Å²) < 4.78 is 12.9. The Morgan fingerprint density at radius 1 is 1.39 bits per heavy atom. The first-order valence-electron chi connectivity index (χ1n) is 6.04. The predicted octanol–water partition coefficient (Wildman–Crippen LogP) is 3.15. The molecule has 1 rings (SSSR count). The highest BCUT2D eigenvalue weighted by molar-refractivity contribution is 6.31. The second-order valence-corrected chi connectivity index (χ2v) is 4.36. The fourth-order valence-corrected chi connectivity index (χ4v) is 1.78. The van der Waals surface area contributed by atoms with E-state index in [4.69, 9.17) is 11.6 Å². The first-order valence-corrected chi connectivity index (χ1v) is 6.41. The first-order chi connectivity index (χ1) is 8.56. The molecule has 1 amide bonds. The van der Waals surface area contributed by atoms with Crippen LogP contribution < -0.4 is 5.32 Å². The molecular weight excluding hydrogens is 255 g/mol. The topological polar surface area (TPSA) is 32.3 Å². The van der Waals surface area contributed by atoms with Gasteiger partial charge in [-0.05, 0) is 31.3 Å². The lowest BCUT2D eigenvalue weighted by atomic mass is 10.3. The number of benzene rings is 1. The standard InChI is InChI=1S/C13H18ClFN2O/c1-3-17(4-2)8-7-13(18)16-10-5-6-12(15)11(14)9-10/h5-6,9H,3-4,7-8H2,1-2H3,(H,16,18). The van der Waals surface area contributed by atoms with Crippen LogP contribution in [0.3, 0.4) is 0 Å². The molecule has 5 heteroatoms. The minimum Gasteiger partial charge on any atom is -0.326 e. The monoisotopic (exact) mass is 272 g/mol. The summed E-state index contributed by atoms with van der Waals surface area (Å²) in [6.07, 6.45) is 0.413. The Labute approximate surface area is 112 Å². The molecule has 1 aromatic rings. The molecule has 100 valence electrons. The molecule has 0 saturated carbocycles. The zero-order valence-corrected chi connectivity index (χ0v) is 11.4. The van der Waals surface area contributed by atoms with Gasteiger partial charge in [0.25, 0.3) is 0 Å². The third kappa shape index (κ3) is 4.63. The van der Waals surface area contributed by atoms with Crippen LogP contribution in [0.4, 0.5) is 10.1 Å². The first kappa shape index (κ1) is 14.9. The van der Waals surface area contributed by atoms with Crippen LogP contribution in [-0.4, -0.2) is 30.4 Å². The van der Waals surface area contributed by atoms with Gasteiger partial charge in [0.1, 0.15) is 5.82 Å². The van der Waals surface area contributed by atoms with Crippen molar-refractivity contribution in [1.82, 2.24) is 4.90 Å². The van der Waals surface area contributed by atoms with E-state index in [1.54, 1.807) is 0 Å². The highest BCUT2D eigenvalue weighted by Crippen LogP contribution is 2.19. The molecule has 0 radical (unpaired) electrons. The van der Waals surface area contributed by atoms with Gasteiger partial charge in [-0.2, -0.15) is 0 Å². The Hall–Kier alpha value is -1.13. The smallest absolute Gasteiger partial charge is 0.225 e. The predicted molar refractivity (Wildman–Crippen MR) is 72.4 cm³/mol. The Balaban J connectivity index is 2.46. The van der Waals surface area contributed by atoms with Crippen molar-refractivity contribution in [3.8, 4) is 0 Å². The average Bonchev–Trinajstić information content (AvgIpc) is 2.35. The maximum absolute atomic E-state index is 12.9. The van der Waals surface area contributed by atoms with Gasteiger partial charge >= 0.3 is 0 Å². The summed E-state index contributed by atoms with van der Waals surface area (Å²) in [6, 6.07) is 4.14. The number of carbonyl (C=O) groups excluding carboxylic acids is 1. The van der Waals surface area contributed by atoms with E-state index in [1.165, 1.54) is 18.2 Å². The van der Waals surface area contributed by atoms with E-state index in [9.17, 15) is 9.18 Å². The van der Waals surface area contributed by atoms with Crippen LogP contribution in [0.15, 0.2) is 18.2 Å². The van der Waals surface area contributed by atoms with E-state index in [0.29, 0.717) is 18.7 Å².